The van der Waals surface area contributed by atoms with E-state index in [2.05, 4.69) is 11.4 Å². The number of hydrogen-bond acceptors (Lipinski definition) is 2. The largest absolute Gasteiger partial charge is 0.480 e. The molecule has 2 N–H and O–H groups in total. The van der Waals surface area contributed by atoms with Crippen molar-refractivity contribution in [3.63, 3.8) is 0 Å². The van der Waals surface area contributed by atoms with Crippen LogP contribution in [0.5, 0.6) is 0 Å². The average molecular weight is 308 g/mol. The van der Waals surface area contributed by atoms with E-state index >= 15 is 0 Å². The zero-order valence-corrected chi connectivity index (χ0v) is 11.6. The molecular formula is C13H19F3N2O3. The van der Waals surface area contributed by atoms with Gasteiger partial charge in [0.15, 0.2) is 0 Å². The minimum atomic E-state index is -4.63. The maximum absolute atomic E-state index is 12.3. The zero-order chi connectivity index (χ0) is 15.9. The molecule has 2 amide bonds. The van der Waals surface area contributed by atoms with Gasteiger partial charge in [0.2, 0.25) is 0 Å². The highest BCUT2D eigenvalue weighted by molar-refractivity contribution is 5.80. The summed E-state index contributed by atoms with van der Waals surface area (Å²) >= 11 is 0. The lowest BCUT2D eigenvalue weighted by atomic mass is 9.97. The van der Waals surface area contributed by atoms with Gasteiger partial charge in [0, 0.05) is 6.54 Å². The quantitative estimate of drug-likeness (QED) is 0.741. The number of carbonyl (C=O) groups is 2. The van der Waals surface area contributed by atoms with E-state index in [9.17, 15) is 22.8 Å². The molecule has 1 rings (SSSR count). The number of nitrogens with one attached hydrogen (secondary N) is 1. The van der Waals surface area contributed by atoms with Gasteiger partial charge in [0.05, 0.1) is 0 Å². The first-order valence-electron chi connectivity index (χ1n) is 6.77. The number of alkyl halides is 3. The molecule has 0 bridgehead atoms. The van der Waals surface area contributed by atoms with Crippen LogP contribution in [0.25, 0.3) is 0 Å². The summed E-state index contributed by atoms with van der Waals surface area (Å²) in [6.07, 6.45) is 2.18. The summed E-state index contributed by atoms with van der Waals surface area (Å²) in [4.78, 5) is 22.4. The third-order valence-electron chi connectivity index (χ3n) is 3.09. The van der Waals surface area contributed by atoms with Gasteiger partial charge in [0.1, 0.15) is 13.1 Å². The summed E-state index contributed by atoms with van der Waals surface area (Å²) in [6.45, 7) is -2.35. The average Bonchev–Trinajstić information content (AvgIpc) is 2.37. The van der Waals surface area contributed by atoms with Crippen LogP contribution in [0.15, 0.2) is 11.6 Å². The lowest BCUT2D eigenvalue weighted by molar-refractivity contribution is -0.148. The molecule has 8 heteroatoms. The lowest BCUT2D eigenvalue weighted by Gasteiger charge is -2.22. The van der Waals surface area contributed by atoms with Gasteiger partial charge in [-0.1, -0.05) is 11.6 Å². The lowest BCUT2D eigenvalue weighted by Crippen LogP contribution is -2.47. The van der Waals surface area contributed by atoms with Crippen LogP contribution < -0.4 is 5.32 Å². The second kappa shape index (κ2) is 7.90. The first-order valence-corrected chi connectivity index (χ1v) is 6.77. The molecule has 0 fully saturated rings. The minimum absolute atomic E-state index is 0.207. The summed E-state index contributed by atoms with van der Waals surface area (Å²) < 4.78 is 36.9. The SMILES string of the molecule is O=C(O)CN(CC(F)(F)F)C(=O)NCCC1=CCCCC1. The monoisotopic (exact) mass is 308 g/mol. The Morgan fingerprint density at radius 2 is 2.05 bits per heavy atom. The third-order valence-corrected chi connectivity index (χ3v) is 3.09. The Bertz CT molecular complexity index is 408. The number of aliphatic carboxylic acids is 1. The Balaban J connectivity index is 2.44. The summed E-state index contributed by atoms with van der Waals surface area (Å²) in [6, 6.07) is -1.01. The van der Waals surface area contributed by atoms with Gasteiger partial charge in [-0.2, -0.15) is 13.2 Å². The summed E-state index contributed by atoms with van der Waals surface area (Å²) in [7, 11) is 0. The Morgan fingerprint density at radius 3 is 2.57 bits per heavy atom. The van der Waals surface area contributed by atoms with E-state index in [1.165, 1.54) is 5.57 Å². The van der Waals surface area contributed by atoms with Crippen LogP contribution in [-0.2, 0) is 4.79 Å². The van der Waals surface area contributed by atoms with Gasteiger partial charge in [-0.05, 0) is 32.1 Å². The number of halogens is 3. The molecule has 1 aliphatic rings. The van der Waals surface area contributed by atoms with E-state index < -0.39 is 31.3 Å². The van der Waals surface area contributed by atoms with E-state index in [-0.39, 0.29) is 11.4 Å². The van der Waals surface area contributed by atoms with Gasteiger partial charge in [-0.3, -0.25) is 4.79 Å². The number of carboxylic acid groups (broad SMARTS) is 1. The first-order chi connectivity index (χ1) is 9.78. The molecule has 5 nitrogen and oxygen atoms in total. The Labute approximate surface area is 120 Å². The van der Waals surface area contributed by atoms with Crippen LogP contribution >= 0.6 is 0 Å². The smallest absolute Gasteiger partial charge is 0.406 e. The number of carboxylic acids is 1. The second-order valence-electron chi connectivity index (χ2n) is 4.96. The van der Waals surface area contributed by atoms with Crippen molar-refractivity contribution in [2.24, 2.45) is 0 Å². The number of urea groups is 1. The fraction of sp³-hybridized carbons (Fsp3) is 0.692. The van der Waals surface area contributed by atoms with Gasteiger partial charge in [-0.15, -0.1) is 0 Å². The van der Waals surface area contributed by atoms with Crippen LogP contribution in [0, 0.1) is 0 Å². The molecule has 0 saturated heterocycles. The van der Waals surface area contributed by atoms with E-state index in [4.69, 9.17) is 5.11 Å². The van der Waals surface area contributed by atoms with Crippen molar-refractivity contribution in [1.82, 2.24) is 10.2 Å². The molecule has 0 heterocycles. The van der Waals surface area contributed by atoms with Crippen LogP contribution in [0.3, 0.4) is 0 Å². The third kappa shape index (κ3) is 7.57. The zero-order valence-electron chi connectivity index (χ0n) is 11.6. The van der Waals surface area contributed by atoms with E-state index in [0.717, 1.165) is 25.7 Å². The fourth-order valence-electron chi connectivity index (χ4n) is 2.15. The number of hydrogen-bond donors (Lipinski definition) is 2. The van der Waals surface area contributed by atoms with Crippen molar-refractivity contribution in [3.05, 3.63) is 11.6 Å². The highest BCUT2D eigenvalue weighted by atomic mass is 19.4. The predicted octanol–water partition coefficient (Wildman–Crippen LogP) is 2.54. The fourth-order valence-corrected chi connectivity index (χ4v) is 2.15. The molecular weight excluding hydrogens is 289 g/mol. The van der Waals surface area contributed by atoms with E-state index in [1.54, 1.807) is 0 Å². The molecule has 1 aliphatic carbocycles. The van der Waals surface area contributed by atoms with Crippen molar-refractivity contribution in [1.29, 1.82) is 0 Å². The molecule has 0 aromatic rings. The van der Waals surface area contributed by atoms with Crippen molar-refractivity contribution < 1.29 is 27.9 Å². The van der Waals surface area contributed by atoms with E-state index in [1.807, 2.05) is 0 Å². The normalized spacial score (nSPS) is 15.3. The minimum Gasteiger partial charge on any atom is -0.480 e. The van der Waals surface area contributed by atoms with Crippen molar-refractivity contribution in [2.45, 2.75) is 38.3 Å². The van der Waals surface area contributed by atoms with Gasteiger partial charge in [0.25, 0.3) is 0 Å². The number of nitrogens with zero attached hydrogens (tertiary/aromatic N) is 1. The first kappa shape index (κ1) is 17.3. The molecule has 0 radical (unpaired) electrons. The molecule has 0 aromatic heterocycles. The summed E-state index contributed by atoms with van der Waals surface area (Å²) in [5, 5.41) is 10.9. The van der Waals surface area contributed by atoms with E-state index in [0.29, 0.717) is 6.42 Å². The molecule has 0 aromatic carbocycles. The van der Waals surface area contributed by atoms with Gasteiger partial charge < -0.3 is 15.3 Å². The maximum Gasteiger partial charge on any atom is 0.406 e. The maximum atomic E-state index is 12.3. The Hall–Kier alpha value is -1.73. The van der Waals surface area contributed by atoms with Crippen molar-refractivity contribution >= 4 is 12.0 Å². The number of allylic oxidation sites excluding steroid dienone is 1. The number of amides is 2. The summed E-state index contributed by atoms with van der Waals surface area (Å²) in [5.74, 6) is -1.48. The van der Waals surface area contributed by atoms with Crippen LogP contribution in [0.1, 0.15) is 32.1 Å². The van der Waals surface area contributed by atoms with Crippen LogP contribution in [0.4, 0.5) is 18.0 Å². The molecule has 0 aliphatic heterocycles. The summed E-state index contributed by atoms with van der Waals surface area (Å²) in [5.41, 5.74) is 1.18. The standard InChI is InChI=1S/C13H19F3N2O3/c14-13(15,16)9-18(8-11(19)20)12(21)17-7-6-10-4-2-1-3-5-10/h4H,1-3,5-9H2,(H,17,21)(H,19,20). The number of rotatable bonds is 6. The molecule has 120 valence electrons. The molecule has 21 heavy (non-hydrogen) atoms. The molecule has 0 atom stereocenters. The Morgan fingerprint density at radius 1 is 1.33 bits per heavy atom. The van der Waals surface area contributed by atoms with Crippen LogP contribution in [-0.4, -0.2) is 47.8 Å². The Kier molecular flexibility index (Phi) is 6.51. The molecule has 0 saturated carbocycles. The van der Waals surface area contributed by atoms with Gasteiger partial charge >= 0.3 is 18.2 Å². The highest BCUT2D eigenvalue weighted by Gasteiger charge is 2.33. The van der Waals surface area contributed by atoms with Gasteiger partial charge in [-0.25, -0.2) is 4.79 Å². The van der Waals surface area contributed by atoms with Crippen molar-refractivity contribution in [2.75, 3.05) is 19.6 Å². The number of carbonyl (C=O) groups excluding carboxylic acids is 1. The second-order valence-corrected chi connectivity index (χ2v) is 4.96. The topological polar surface area (TPSA) is 69.6 Å². The molecule has 0 spiro atoms. The van der Waals surface area contributed by atoms with Crippen LogP contribution in [0.2, 0.25) is 0 Å². The molecule has 0 unspecified atom stereocenters. The predicted molar refractivity (Wildman–Crippen MR) is 69.8 cm³/mol. The van der Waals surface area contributed by atoms with Crippen molar-refractivity contribution in [3.8, 4) is 0 Å². The highest BCUT2D eigenvalue weighted by Crippen LogP contribution is 2.19.